The van der Waals surface area contributed by atoms with Crippen molar-refractivity contribution in [2.45, 2.75) is 13.3 Å². The van der Waals surface area contributed by atoms with E-state index in [9.17, 15) is 9.59 Å². The van der Waals surface area contributed by atoms with Crippen LogP contribution in [0.1, 0.15) is 31.8 Å². The van der Waals surface area contributed by atoms with E-state index in [-0.39, 0.29) is 11.8 Å². The molecule has 25 heavy (non-hydrogen) atoms. The SMILES string of the molecule is COc1cc(C)c(C(=O)Nc2ccc3c(c2)C(=O)NCC3)cc1OC. The third-order valence-electron chi connectivity index (χ3n) is 4.27. The number of aryl methyl sites for hydroxylation is 1. The summed E-state index contributed by atoms with van der Waals surface area (Å²) < 4.78 is 10.5. The average molecular weight is 340 g/mol. The fourth-order valence-corrected chi connectivity index (χ4v) is 2.91. The fraction of sp³-hybridized carbons (Fsp3) is 0.263. The maximum Gasteiger partial charge on any atom is 0.256 e. The van der Waals surface area contributed by atoms with Crippen LogP contribution in [-0.4, -0.2) is 32.6 Å². The molecule has 6 nitrogen and oxygen atoms in total. The lowest BCUT2D eigenvalue weighted by Crippen LogP contribution is -2.31. The van der Waals surface area contributed by atoms with Crippen molar-refractivity contribution < 1.29 is 19.1 Å². The second-order valence-electron chi connectivity index (χ2n) is 5.85. The van der Waals surface area contributed by atoms with E-state index in [1.54, 1.807) is 25.3 Å². The van der Waals surface area contributed by atoms with E-state index in [0.717, 1.165) is 17.5 Å². The summed E-state index contributed by atoms with van der Waals surface area (Å²) in [5.74, 6) is 0.680. The van der Waals surface area contributed by atoms with Crippen LogP contribution in [0.3, 0.4) is 0 Å². The van der Waals surface area contributed by atoms with Gasteiger partial charge in [-0.3, -0.25) is 9.59 Å². The first kappa shape index (κ1) is 16.8. The summed E-state index contributed by atoms with van der Waals surface area (Å²) in [7, 11) is 3.08. The summed E-state index contributed by atoms with van der Waals surface area (Å²) in [4.78, 5) is 24.6. The van der Waals surface area contributed by atoms with Gasteiger partial charge in [-0.25, -0.2) is 0 Å². The highest BCUT2D eigenvalue weighted by Gasteiger charge is 2.19. The molecular weight excluding hydrogens is 320 g/mol. The Morgan fingerprint density at radius 1 is 1.12 bits per heavy atom. The second-order valence-corrected chi connectivity index (χ2v) is 5.85. The van der Waals surface area contributed by atoms with Gasteiger partial charge in [0.25, 0.3) is 11.8 Å². The van der Waals surface area contributed by atoms with E-state index in [2.05, 4.69) is 10.6 Å². The Hall–Kier alpha value is -3.02. The van der Waals surface area contributed by atoms with Crippen LogP contribution < -0.4 is 20.1 Å². The first-order valence-electron chi connectivity index (χ1n) is 7.98. The molecule has 0 radical (unpaired) electrons. The Labute approximate surface area is 146 Å². The molecule has 0 atom stereocenters. The highest BCUT2D eigenvalue weighted by Crippen LogP contribution is 2.30. The van der Waals surface area contributed by atoms with Crippen molar-refractivity contribution in [1.82, 2.24) is 5.32 Å². The number of fused-ring (bicyclic) bond motifs is 1. The molecule has 0 saturated carbocycles. The van der Waals surface area contributed by atoms with Crippen LogP contribution in [0.25, 0.3) is 0 Å². The zero-order valence-corrected chi connectivity index (χ0v) is 14.4. The molecule has 130 valence electrons. The maximum absolute atomic E-state index is 12.6. The number of methoxy groups -OCH3 is 2. The monoisotopic (exact) mass is 340 g/mol. The van der Waals surface area contributed by atoms with E-state index < -0.39 is 0 Å². The van der Waals surface area contributed by atoms with Gasteiger partial charge < -0.3 is 20.1 Å². The van der Waals surface area contributed by atoms with Crippen molar-refractivity contribution in [3.05, 3.63) is 52.6 Å². The molecule has 0 aliphatic carbocycles. The second kappa shape index (κ2) is 6.84. The minimum Gasteiger partial charge on any atom is -0.493 e. The van der Waals surface area contributed by atoms with Crippen LogP contribution in [-0.2, 0) is 6.42 Å². The van der Waals surface area contributed by atoms with Gasteiger partial charge in [-0.05, 0) is 48.7 Å². The van der Waals surface area contributed by atoms with E-state index in [0.29, 0.717) is 34.9 Å². The first-order valence-corrected chi connectivity index (χ1v) is 7.98. The molecule has 1 aliphatic rings. The number of hydrogen-bond donors (Lipinski definition) is 2. The van der Waals surface area contributed by atoms with Gasteiger partial charge >= 0.3 is 0 Å². The molecule has 2 aromatic rings. The van der Waals surface area contributed by atoms with Gasteiger partial charge in [0.15, 0.2) is 11.5 Å². The molecule has 2 aromatic carbocycles. The topological polar surface area (TPSA) is 76.7 Å². The van der Waals surface area contributed by atoms with Gasteiger partial charge in [0.2, 0.25) is 0 Å². The number of carbonyl (C=O) groups excluding carboxylic acids is 2. The van der Waals surface area contributed by atoms with Crippen LogP contribution in [0.15, 0.2) is 30.3 Å². The molecule has 2 N–H and O–H groups in total. The zero-order chi connectivity index (χ0) is 18.0. The molecule has 2 amide bonds. The number of rotatable bonds is 4. The van der Waals surface area contributed by atoms with Crippen LogP contribution in [0.5, 0.6) is 11.5 Å². The molecule has 1 aliphatic heterocycles. The Bertz CT molecular complexity index is 846. The van der Waals surface area contributed by atoms with E-state index in [1.807, 2.05) is 19.1 Å². The van der Waals surface area contributed by atoms with E-state index in [4.69, 9.17) is 9.47 Å². The number of carbonyl (C=O) groups is 2. The number of benzene rings is 2. The summed E-state index contributed by atoms with van der Waals surface area (Å²) in [6, 6.07) is 8.80. The Balaban J connectivity index is 1.88. The first-order chi connectivity index (χ1) is 12.0. The number of anilines is 1. The van der Waals surface area contributed by atoms with E-state index >= 15 is 0 Å². The van der Waals surface area contributed by atoms with Gasteiger partial charge in [-0.1, -0.05) is 6.07 Å². The summed E-state index contributed by atoms with van der Waals surface area (Å²) in [6.07, 6.45) is 0.796. The summed E-state index contributed by atoms with van der Waals surface area (Å²) in [5.41, 5.74) is 3.43. The van der Waals surface area contributed by atoms with Crippen LogP contribution in [0.2, 0.25) is 0 Å². The molecule has 0 aromatic heterocycles. The molecule has 3 rings (SSSR count). The van der Waals surface area contributed by atoms with Crippen LogP contribution in [0.4, 0.5) is 5.69 Å². The summed E-state index contributed by atoms with van der Waals surface area (Å²) in [5, 5.41) is 5.65. The van der Waals surface area contributed by atoms with Crippen molar-refractivity contribution in [2.75, 3.05) is 26.1 Å². The number of ether oxygens (including phenoxy) is 2. The minimum absolute atomic E-state index is 0.111. The molecule has 0 bridgehead atoms. The Morgan fingerprint density at radius 3 is 2.56 bits per heavy atom. The van der Waals surface area contributed by atoms with Gasteiger partial charge in [-0.2, -0.15) is 0 Å². The smallest absolute Gasteiger partial charge is 0.256 e. The van der Waals surface area contributed by atoms with Crippen LogP contribution in [0, 0.1) is 6.92 Å². The lowest BCUT2D eigenvalue weighted by atomic mass is 9.99. The zero-order valence-electron chi connectivity index (χ0n) is 14.4. The standard InChI is InChI=1S/C19H20N2O4/c1-11-8-16(24-2)17(25-3)10-14(11)19(23)21-13-5-4-12-6-7-20-18(22)15(12)9-13/h4-5,8-10H,6-7H2,1-3H3,(H,20,22)(H,21,23). The largest absolute Gasteiger partial charge is 0.493 e. The highest BCUT2D eigenvalue weighted by atomic mass is 16.5. The fourth-order valence-electron chi connectivity index (χ4n) is 2.91. The molecule has 0 saturated heterocycles. The van der Waals surface area contributed by atoms with Crippen molar-refractivity contribution in [1.29, 1.82) is 0 Å². The summed E-state index contributed by atoms with van der Waals surface area (Å²) >= 11 is 0. The normalized spacial score (nSPS) is 12.8. The predicted octanol–water partition coefficient (Wildman–Crippen LogP) is 2.55. The van der Waals surface area contributed by atoms with Crippen molar-refractivity contribution in [2.24, 2.45) is 0 Å². The Morgan fingerprint density at radius 2 is 1.84 bits per heavy atom. The Kier molecular flexibility index (Phi) is 4.61. The quantitative estimate of drug-likeness (QED) is 0.897. The molecule has 6 heteroatoms. The predicted molar refractivity (Wildman–Crippen MR) is 94.7 cm³/mol. The van der Waals surface area contributed by atoms with Gasteiger partial charge in [0, 0.05) is 23.4 Å². The number of hydrogen-bond acceptors (Lipinski definition) is 4. The van der Waals surface area contributed by atoms with Crippen molar-refractivity contribution in [3.8, 4) is 11.5 Å². The van der Waals surface area contributed by atoms with Gasteiger partial charge in [0.1, 0.15) is 0 Å². The minimum atomic E-state index is -0.269. The average Bonchev–Trinajstić information content (AvgIpc) is 2.62. The summed E-state index contributed by atoms with van der Waals surface area (Å²) in [6.45, 7) is 2.47. The van der Waals surface area contributed by atoms with Crippen molar-refractivity contribution >= 4 is 17.5 Å². The van der Waals surface area contributed by atoms with Gasteiger partial charge in [0.05, 0.1) is 14.2 Å². The van der Waals surface area contributed by atoms with Crippen molar-refractivity contribution in [3.63, 3.8) is 0 Å². The molecule has 0 fully saturated rings. The number of amides is 2. The van der Waals surface area contributed by atoms with Gasteiger partial charge in [-0.15, -0.1) is 0 Å². The lowest BCUT2D eigenvalue weighted by Gasteiger charge is -2.18. The molecule has 1 heterocycles. The van der Waals surface area contributed by atoms with Crippen LogP contribution >= 0.6 is 0 Å². The third kappa shape index (κ3) is 3.28. The maximum atomic E-state index is 12.6. The third-order valence-corrected chi connectivity index (χ3v) is 4.27. The lowest BCUT2D eigenvalue weighted by molar-refractivity contribution is 0.0944. The highest BCUT2D eigenvalue weighted by molar-refractivity contribution is 6.06. The number of nitrogens with one attached hydrogen (secondary N) is 2. The molecule has 0 unspecified atom stereocenters. The molecular formula is C19H20N2O4. The molecule has 0 spiro atoms. The van der Waals surface area contributed by atoms with E-state index in [1.165, 1.54) is 7.11 Å².